The molecule has 8 heteroatoms. The lowest BCUT2D eigenvalue weighted by atomic mass is 10.1. The summed E-state index contributed by atoms with van der Waals surface area (Å²) in [5, 5.41) is 6.16. The van der Waals surface area contributed by atoms with Crippen molar-refractivity contribution in [2.75, 3.05) is 6.54 Å². The van der Waals surface area contributed by atoms with Gasteiger partial charge in [0.25, 0.3) is 11.5 Å². The zero-order valence-electron chi connectivity index (χ0n) is 11.8. The molecule has 2 amide bonds. The van der Waals surface area contributed by atoms with Crippen molar-refractivity contribution in [3.63, 3.8) is 0 Å². The summed E-state index contributed by atoms with van der Waals surface area (Å²) in [6, 6.07) is 1.56. The second kappa shape index (κ2) is 5.85. The summed E-state index contributed by atoms with van der Waals surface area (Å²) in [7, 11) is 1.68. The van der Waals surface area contributed by atoms with Gasteiger partial charge in [0.1, 0.15) is 0 Å². The Balaban J connectivity index is 1.86. The van der Waals surface area contributed by atoms with Crippen LogP contribution in [0.15, 0.2) is 21.5 Å². The molecule has 6 nitrogen and oxygen atoms in total. The highest BCUT2D eigenvalue weighted by Gasteiger charge is 2.22. The smallest absolute Gasteiger partial charge is 0.261 e. The number of carbonyl (C=O) groups excluding carboxylic acids is 2. The van der Waals surface area contributed by atoms with Crippen molar-refractivity contribution in [1.82, 2.24) is 15.2 Å². The fourth-order valence-electron chi connectivity index (χ4n) is 2.43. The number of pyridine rings is 1. The molecule has 0 saturated carbocycles. The van der Waals surface area contributed by atoms with E-state index in [2.05, 4.69) is 26.6 Å². The Morgan fingerprint density at radius 3 is 2.95 bits per heavy atom. The summed E-state index contributed by atoms with van der Waals surface area (Å²) in [6.45, 7) is 0.445. The van der Waals surface area contributed by atoms with Crippen LogP contribution in [-0.4, -0.2) is 29.0 Å². The van der Waals surface area contributed by atoms with E-state index in [1.54, 1.807) is 19.3 Å². The largest absolute Gasteiger partial charge is 0.354 e. The molecule has 1 unspecified atom stereocenters. The van der Waals surface area contributed by atoms with Gasteiger partial charge in [-0.05, 0) is 28.4 Å². The molecule has 2 aromatic heterocycles. The number of aryl methyl sites for hydroxylation is 1. The quantitative estimate of drug-likeness (QED) is 0.821. The first-order chi connectivity index (χ1) is 10.5. The summed E-state index contributed by atoms with van der Waals surface area (Å²) in [4.78, 5) is 36.1. The molecular formula is C14H14BrN3O3S. The molecule has 2 N–H and O–H groups in total. The Morgan fingerprint density at radius 1 is 1.50 bits per heavy atom. The minimum Gasteiger partial charge on any atom is -0.354 e. The van der Waals surface area contributed by atoms with Crippen LogP contribution in [0.3, 0.4) is 0 Å². The second-order valence-corrected chi connectivity index (χ2v) is 7.17. The molecule has 22 heavy (non-hydrogen) atoms. The van der Waals surface area contributed by atoms with Crippen LogP contribution in [0.4, 0.5) is 0 Å². The number of hydrogen-bond donors (Lipinski definition) is 2. The highest BCUT2D eigenvalue weighted by Crippen LogP contribution is 2.29. The zero-order chi connectivity index (χ0) is 15.9. The summed E-state index contributed by atoms with van der Waals surface area (Å²) in [5.74, 6) is -0.198. The number of amides is 2. The Labute approximate surface area is 138 Å². The van der Waals surface area contributed by atoms with Crippen molar-refractivity contribution < 1.29 is 9.59 Å². The lowest BCUT2D eigenvalue weighted by molar-refractivity contribution is -0.122. The third kappa shape index (κ3) is 2.80. The first-order valence-corrected chi connectivity index (χ1v) is 8.43. The van der Waals surface area contributed by atoms with Crippen molar-refractivity contribution in [3.8, 4) is 0 Å². The van der Waals surface area contributed by atoms with Crippen molar-refractivity contribution in [2.45, 2.75) is 18.9 Å². The van der Waals surface area contributed by atoms with Crippen LogP contribution in [0, 0.1) is 0 Å². The van der Waals surface area contributed by atoms with Gasteiger partial charge in [0, 0.05) is 32.3 Å². The standard InChI is InChI=1S/C14H14BrN3O3S/c1-18-6-9(15)12-8(14(18)21)4-10(22-12)13(20)17-7-2-3-11(19)16-5-7/h4,6-7H,2-3,5H2,1H3,(H,16,19)(H,17,20). The fraction of sp³-hybridized carbons (Fsp3) is 0.357. The van der Waals surface area contributed by atoms with E-state index >= 15 is 0 Å². The van der Waals surface area contributed by atoms with E-state index in [1.165, 1.54) is 15.9 Å². The van der Waals surface area contributed by atoms with Gasteiger partial charge >= 0.3 is 0 Å². The zero-order valence-corrected chi connectivity index (χ0v) is 14.2. The average molecular weight is 384 g/mol. The number of nitrogens with zero attached hydrogens (tertiary/aromatic N) is 1. The molecule has 3 heterocycles. The SMILES string of the molecule is Cn1cc(Br)c2sc(C(=O)NC3CCC(=O)NC3)cc2c1=O. The number of hydrogen-bond acceptors (Lipinski definition) is 4. The molecule has 3 rings (SSSR count). The first kappa shape index (κ1) is 15.2. The number of fused-ring (bicyclic) bond motifs is 1. The van der Waals surface area contributed by atoms with Gasteiger partial charge in [-0.1, -0.05) is 0 Å². The number of piperidine rings is 1. The van der Waals surface area contributed by atoms with Crippen LogP contribution >= 0.6 is 27.3 Å². The maximum Gasteiger partial charge on any atom is 0.261 e. The van der Waals surface area contributed by atoms with Crippen molar-refractivity contribution in [2.24, 2.45) is 7.05 Å². The van der Waals surface area contributed by atoms with Crippen LogP contribution in [0.1, 0.15) is 22.5 Å². The Hall–Kier alpha value is -1.67. The van der Waals surface area contributed by atoms with E-state index in [0.717, 1.165) is 9.17 Å². The maximum atomic E-state index is 12.3. The Morgan fingerprint density at radius 2 is 2.27 bits per heavy atom. The fourth-order valence-corrected chi connectivity index (χ4v) is 4.15. The van der Waals surface area contributed by atoms with Gasteiger partial charge in [-0.3, -0.25) is 14.4 Å². The van der Waals surface area contributed by atoms with Gasteiger partial charge < -0.3 is 15.2 Å². The van der Waals surface area contributed by atoms with Crippen molar-refractivity contribution in [3.05, 3.63) is 32.0 Å². The van der Waals surface area contributed by atoms with Gasteiger partial charge in [-0.15, -0.1) is 11.3 Å². The van der Waals surface area contributed by atoms with Crippen molar-refractivity contribution in [1.29, 1.82) is 0 Å². The van der Waals surface area contributed by atoms with Gasteiger partial charge in [0.15, 0.2) is 0 Å². The summed E-state index contributed by atoms with van der Waals surface area (Å²) >= 11 is 4.71. The molecule has 1 aliphatic heterocycles. The number of rotatable bonds is 2. The third-order valence-corrected chi connectivity index (χ3v) is 5.66. The van der Waals surface area contributed by atoms with Gasteiger partial charge in [0.2, 0.25) is 5.91 Å². The summed E-state index contributed by atoms with van der Waals surface area (Å²) < 4.78 is 3.04. The van der Waals surface area contributed by atoms with Gasteiger partial charge in [-0.2, -0.15) is 0 Å². The number of aromatic nitrogens is 1. The van der Waals surface area contributed by atoms with E-state index in [-0.39, 0.29) is 23.4 Å². The Bertz CT molecular complexity index is 817. The molecule has 1 fully saturated rings. The van der Waals surface area contributed by atoms with Crippen LogP contribution < -0.4 is 16.2 Å². The van der Waals surface area contributed by atoms with E-state index in [4.69, 9.17) is 0 Å². The lowest BCUT2D eigenvalue weighted by Gasteiger charge is -2.23. The topological polar surface area (TPSA) is 80.2 Å². The molecule has 1 atom stereocenters. The molecular weight excluding hydrogens is 370 g/mol. The van der Waals surface area contributed by atoms with Gasteiger partial charge in [0.05, 0.1) is 19.4 Å². The molecule has 0 radical (unpaired) electrons. The predicted octanol–water partition coefficient (Wildman–Crippen LogP) is 1.37. The van der Waals surface area contributed by atoms with Crippen LogP contribution in [-0.2, 0) is 11.8 Å². The third-order valence-electron chi connectivity index (χ3n) is 3.63. The molecule has 0 aromatic carbocycles. The molecule has 116 valence electrons. The molecule has 2 aromatic rings. The average Bonchev–Trinajstić information content (AvgIpc) is 2.93. The molecule has 0 aliphatic carbocycles. The lowest BCUT2D eigenvalue weighted by Crippen LogP contribution is -2.47. The highest BCUT2D eigenvalue weighted by atomic mass is 79.9. The molecule has 0 spiro atoms. The van der Waals surface area contributed by atoms with E-state index in [0.29, 0.717) is 29.6 Å². The number of carbonyl (C=O) groups is 2. The van der Waals surface area contributed by atoms with Crippen LogP contribution in [0.2, 0.25) is 0 Å². The summed E-state index contributed by atoms with van der Waals surface area (Å²) in [5.41, 5.74) is -0.126. The minimum atomic E-state index is -0.212. The Kier molecular flexibility index (Phi) is 4.05. The van der Waals surface area contributed by atoms with Crippen LogP contribution in [0.5, 0.6) is 0 Å². The number of nitrogens with one attached hydrogen (secondary N) is 2. The minimum absolute atomic E-state index is 0.0137. The normalized spacial score (nSPS) is 18.3. The van der Waals surface area contributed by atoms with E-state index in [9.17, 15) is 14.4 Å². The van der Waals surface area contributed by atoms with E-state index < -0.39 is 0 Å². The van der Waals surface area contributed by atoms with Crippen molar-refractivity contribution >= 4 is 49.2 Å². The van der Waals surface area contributed by atoms with Gasteiger partial charge in [-0.25, -0.2) is 0 Å². The first-order valence-electron chi connectivity index (χ1n) is 6.82. The molecule has 1 aliphatic rings. The number of halogens is 1. The maximum absolute atomic E-state index is 12.3. The van der Waals surface area contributed by atoms with Crippen LogP contribution in [0.25, 0.3) is 10.1 Å². The molecule has 1 saturated heterocycles. The monoisotopic (exact) mass is 383 g/mol. The highest BCUT2D eigenvalue weighted by molar-refractivity contribution is 9.10. The summed E-state index contributed by atoms with van der Waals surface area (Å²) in [6.07, 6.45) is 2.75. The molecule has 0 bridgehead atoms. The van der Waals surface area contributed by atoms with E-state index in [1.807, 2.05) is 0 Å². The predicted molar refractivity (Wildman–Crippen MR) is 88.3 cm³/mol. The number of thiophene rings is 1. The second-order valence-electron chi connectivity index (χ2n) is 5.26.